The Morgan fingerprint density at radius 2 is 1.83 bits per heavy atom. The molecule has 0 aliphatic carbocycles. The predicted octanol–water partition coefficient (Wildman–Crippen LogP) is 1.02. The number of hydrazone groups is 1. The molecule has 92 valence electrons. The quantitative estimate of drug-likeness (QED) is 0.644. The van der Waals surface area contributed by atoms with Gasteiger partial charge in [0.2, 0.25) is 0 Å². The van der Waals surface area contributed by atoms with Gasteiger partial charge in [-0.2, -0.15) is 5.10 Å². The lowest BCUT2D eigenvalue weighted by Gasteiger charge is -1.98. The molecule has 5 heteroatoms. The van der Waals surface area contributed by atoms with Gasteiger partial charge < -0.3 is 5.48 Å². The highest BCUT2D eigenvalue weighted by Crippen LogP contribution is 1.97. The van der Waals surface area contributed by atoms with Crippen LogP contribution in [-0.4, -0.2) is 22.6 Å². The summed E-state index contributed by atoms with van der Waals surface area (Å²) in [6.45, 7) is 0. The summed E-state index contributed by atoms with van der Waals surface area (Å²) in [5.41, 5.74) is 3.71. The van der Waals surface area contributed by atoms with Crippen molar-refractivity contribution in [3.05, 3.63) is 66.0 Å². The zero-order valence-electron chi connectivity index (χ0n) is 9.58. The maximum absolute atomic E-state index is 11.6. The fourth-order valence-corrected chi connectivity index (χ4v) is 1.26. The zero-order chi connectivity index (χ0) is 11.9. The maximum atomic E-state index is 11.6. The second-order valence-corrected chi connectivity index (χ2v) is 3.32. The standard InChI is InChI=1S/C13H11N3O.H2O/c17-13(11-6-2-1-3-7-11)16-15-10-12-8-4-5-9-14-12;/h1-10H,(H,16,17);1H2/b15-10+;. The number of amides is 1. The second-order valence-electron chi connectivity index (χ2n) is 3.32. The average Bonchev–Trinajstić information content (AvgIpc) is 2.41. The first-order valence-corrected chi connectivity index (χ1v) is 5.16. The van der Waals surface area contributed by atoms with Crippen molar-refractivity contribution in [1.82, 2.24) is 10.4 Å². The smallest absolute Gasteiger partial charge is 0.271 e. The normalized spacial score (nSPS) is 9.78. The van der Waals surface area contributed by atoms with Gasteiger partial charge in [-0.25, -0.2) is 5.43 Å². The van der Waals surface area contributed by atoms with Crippen molar-refractivity contribution in [2.24, 2.45) is 5.10 Å². The molecule has 1 aromatic heterocycles. The molecule has 0 fully saturated rings. The molecule has 0 saturated carbocycles. The summed E-state index contributed by atoms with van der Waals surface area (Å²) in [4.78, 5) is 15.6. The highest BCUT2D eigenvalue weighted by atomic mass is 16.2. The average molecular weight is 243 g/mol. The van der Waals surface area contributed by atoms with Gasteiger partial charge in [0.15, 0.2) is 0 Å². The fraction of sp³-hybridized carbons (Fsp3) is 0. The number of pyridine rings is 1. The third kappa shape index (κ3) is 3.80. The molecule has 0 bridgehead atoms. The minimum absolute atomic E-state index is 0. The number of carbonyl (C=O) groups is 1. The van der Waals surface area contributed by atoms with E-state index in [0.29, 0.717) is 11.3 Å². The number of hydrogen-bond donors (Lipinski definition) is 1. The Morgan fingerprint density at radius 1 is 1.11 bits per heavy atom. The van der Waals surface area contributed by atoms with E-state index in [-0.39, 0.29) is 11.4 Å². The van der Waals surface area contributed by atoms with Crippen LogP contribution >= 0.6 is 0 Å². The Labute approximate surface area is 104 Å². The van der Waals surface area contributed by atoms with Crippen molar-refractivity contribution in [3.8, 4) is 0 Å². The van der Waals surface area contributed by atoms with Gasteiger partial charge in [0.1, 0.15) is 0 Å². The van der Waals surface area contributed by atoms with Crippen molar-refractivity contribution in [1.29, 1.82) is 0 Å². The van der Waals surface area contributed by atoms with Crippen LogP contribution in [0.2, 0.25) is 0 Å². The molecule has 1 amide bonds. The summed E-state index contributed by atoms with van der Waals surface area (Å²) in [5, 5.41) is 3.83. The molecule has 0 saturated heterocycles. The first-order chi connectivity index (χ1) is 8.36. The van der Waals surface area contributed by atoms with Crippen molar-refractivity contribution in [2.75, 3.05) is 0 Å². The topological polar surface area (TPSA) is 85.9 Å². The molecule has 0 aliphatic rings. The van der Waals surface area contributed by atoms with Crippen LogP contribution < -0.4 is 5.43 Å². The van der Waals surface area contributed by atoms with Crippen LogP contribution in [0.5, 0.6) is 0 Å². The van der Waals surface area contributed by atoms with Crippen LogP contribution in [0.25, 0.3) is 0 Å². The molecule has 1 aromatic carbocycles. The molecule has 0 radical (unpaired) electrons. The number of nitrogens with zero attached hydrogens (tertiary/aromatic N) is 2. The van der Waals surface area contributed by atoms with Gasteiger partial charge in [0, 0.05) is 11.8 Å². The molecule has 5 nitrogen and oxygen atoms in total. The van der Waals surface area contributed by atoms with Crippen molar-refractivity contribution in [3.63, 3.8) is 0 Å². The number of benzene rings is 1. The lowest BCUT2D eigenvalue weighted by molar-refractivity contribution is 0.0955. The Morgan fingerprint density at radius 3 is 2.50 bits per heavy atom. The predicted molar refractivity (Wildman–Crippen MR) is 69.4 cm³/mol. The van der Waals surface area contributed by atoms with Crippen LogP contribution in [-0.2, 0) is 0 Å². The van der Waals surface area contributed by atoms with Crippen LogP contribution in [0, 0.1) is 0 Å². The number of aromatic nitrogens is 1. The van der Waals surface area contributed by atoms with E-state index in [1.54, 1.807) is 36.5 Å². The molecule has 2 aromatic rings. The fourth-order valence-electron chi connectivity index (χ4n) is 1.26. The van der Waals surface area contributed by atoms with Gasteiger partial charge in [-0.3, -0.25) is 9.78 Å². The minimum Gasteiger partial charge on any atom is -0.412 e. The third-order valence-corrected chi connectivity index (χ3v) is 2.09. The van der Waals surface area contributed by atoms with E-state index in [0.717, 1.165) is 0 Å². The molecular weight excluding hydrogens is 230 g/mol. The van der Waals surface area contributed by atoms with Crippen LogP contribution in [0.1, 0.15) is 16.1 Å². The molecule has 0 unspecified atom stereocenters. The number of carbonyl (C=O) groups excluding carboxylic acids is 1. The van der Waals surface area contributed by atoms with E-state index in [4.69, 9.17) is 0 Å². The largest absolute Gasteiger partial charge is 0.412 e. The van der Waals surface area contributed by atoms with E-state index in [2.05, 4.69) is 15.5 Å². The van der Waals surface area contributed by atoms with Gasteiger partial charge in [0.05, 0.1) is 11.9 Å². The second kappa shape index (κ2) is 6.93. The van der Waals surface area contributed by atoms with Crippen LogP contribution in [0.3, 0.4) is 0 Å². The van der Waals surface area contributed by atoms with Gasteiger partial charge >= 0.3 is 0 Å². The van der Waals surface area contributed by atoms with Gasteiger partial charge in [0.25, 0.3) is 5.91 Å². The molecule has 3 N–H and O–H groups in total. The summed E-state index contributed by atoms with van der Waals surface area (Å²) in [5.74, 6) is -0.238. The van der Waals surface area contributed by atoms with E-state index in [9.17, 15) is 4.79 Å². The highest BCUT2D eigenvalue weighted by molar-refractivity contribution is 5.94. The van der Waals surface area contributed by atoms with Gasteiger partial charge in [-0.05, 0) is 24.3 Å². The summed E-state index contributed by atoms with van der Waals surface area (Å²) < 4.78 is 0. The summed E-state index contributed by atoms with van der Waals surface area (Å²) in [7, 11) is 0. The highest BCUT2D eigenvalue weighted by Gasteiger charge is 2.01. The van der Waals surface area contributed by atoms with Crippen molar-refractivity contribution >= 4 is 12.1 Å². The minimum atomic E-state index is -0.238. The Hall–Kier alpha value is -2.53. The van der Waals surface area contributed by atoms with E-state index in [1.807, 2.05) is 18.2 Å². The molecule has 18 heavy (non-hydrogen) atoms. The van der Waals surface area contributed by atoms with E-state index in [1.165, 1.54) is 6.21 Å². The molecular formula is C13H13N3O2. The molecule has 0 atom stereocenters. The van der Waals surface area contributed by atoms with Crippen molar-refractivity contribution in [2.45, 2.75) is 0 Å². The Kier molecular flexibility index (Phi) is 5.21. The van der Waals surface area contributed by atoms with Crippen LogP contribution in [0.4, 0.5) is 0 Å². The first kappa shape index (κ1) is 13.5. The number of hydrogen-bond acceptors (Lipinski definition) is 3. The lowest BCUT2D eigenvalue weighted by atomic mass is 10.2. The molecule has 0 aliphatic heterocycles. The SMILES string of the molecule is O.O=C(N/N=C/c1ccccn1)c1ccccc1. The summed E-state index contributed by atoms with van der Waals surface area (Å²) >= 11 is 0. The summed E-state index contributed by atoms with van der Waals surface area (Å²) in [6.07, 6.45) is 3.17. The third-order valence-electron chi connectivity index (χ3n) is 2.09. The Balaban J connectivity index is 0.00000162. The monoisotopic (exact) mass is 243 g/mol. The van der Waals surface area contributed by atoms with Gasteiger partial charge in [-0.15, -0.1) is 0 Å². The molecule has 0 spiro atoms. The molecule has 2 rings (SSSR count). The van der Waals surface area contributed by atoms with Crippen LogP contribution in [0.15, 0.2) is 59.8 Å². The molecule has 1 heterocycles. The van der Waals surface area contributed by atoms with E-state index < -0.39 is 0 Å². The zero-order valence-corrected chi connectivity index (χ0v) is 9.58. The Bertz CT molecular complexity index is 512. The summed E-state index contributed by atoms with van der Waals surface area (Å²) in [6, 6.07) is 14.4. The number of rotatable bonds is 3. The van der Waals surface area contributed by atoms with Crippen molar-refractivity contribution < 1.29 is 10.3 Å². The first-order valence-electron chi connectivity index (χ1n) is 5.16. The number of nitrogens with one attached hydrogen (secondary N) is 1. The lowest BCUT2D eigenvalue weighted by Crippen LogP contribution is -2.17. The van der Waals surface area contributed by atoms with E-state index >= 15 is 0 Å². The maximum Gasteiger partial charge on any atom is 0.271 e. The van der Waals surface area contributed by atoms with Gasteiger partial charge in [-0.1, -0.05) is 24.3 Å².